The van der Waals surface area contributed by atoms with Gasteiger partial charge in [-0.05, 0) is 30.6 Å². The summed E-state index contributed by atoms with van der Waals surface area (Å²) in [5.74, 6) is 0.279. The number of hydrogen-bond acceptors (Lipinski definition) is 2. The molecule has 2 amide bonds. The Kier molecular flexibility index (Phi) is 4.95. The number of aliphatic hydroxyl groups is 1. The molecule has 0 radical (unpaired) electrons. The molecule has 1 aliphatic heterocycles. The quantitative estimate of drug-likeness (QED) is 0.777. The Hall–Kier alpha value is -0.770. The van der Waals surface area contributed by atoms with E-state index in [2.05, 4.69) is 26.1 Å². The van der Waals surface area contributed by atoms with Crippen molar-refractivity contribution in [3.05, 3.63) is 0 Å². The Morgan fingerprint density at radius 3 is 2.35 bits per heavy atom. The second kappa shape index (κ2) is 6.33. The van der Waals surface area contributed by atoms with Gasteiger partial charge in [0, 0.05) is 19.1 Å². The lowest BCUT2D eigenvalue weighted by molar-refractivity contribution is -0.0127. The number of carbonyl (C=O) groups is 1. The SMILES string of the molecule is CC(C)(C)C1CCN(C(=O)NC2CCCCC2)CC1O. The highest BCUT2D eigenvalue weighted by molar-refractivity contribution is 5.74. The molecular weight excluding hydrogens is 252 g/mol. The van der Waals surface area contributed by atoms with E-state index in [1.54, 1.807) is 4.90 Å². The number of aliphatic hydroxyl groups excluding tert-OH is 1. The molecule has 0 spiro atoms. The first-order valence-corrected chi connectivity index (χ1v) is 8.11. The van der Waals surface area contributed by atoms with Gasteiger partial charge in [0.2, 0.25) is 0 Å². The largest absolute Gasteiger partial charge is 0.391 e. The molecule has 2 fully saturated rings. The van der Waals surface area contributed by atoms with Crippen molar-refractivity contribution in [2.75, 3.05) is 13.1 Å². The number of hydrogen-bond donors (Lipinski definition) is 2. The smallest absolute Gasteiger partial charge is 0.317 e. The fraction of sp³-hybridized carbons (Fsp3) is 0.938. The van der Waals surface area contributed by atoms with Gasteiger partial charge in [0.05, 0.1) is 6.10 Å². The molecule has 1 heterocycles. The zero-order chi connectivity index (χ0) is 14.8. The van der Waals surface area contributed by atoms with E-state index < -0.39 is 6.10 Å². The van der Waals surface area contributed by atoms with Gasteiger partial charge in [-0.2, -0.15) is 0 Å². The topological polar surface area (TPSA) is 52.6 Å². The molecule has 4 heteroatoms. The fourth-order valence-electron chi connectivity index (χ4n) is 3.64. The van der Waals surface area contributed by atoms with E-state index in [1.165, 1.54) is 19.3 Å². The predicted octanol–water partition coefficient (Wildman–Crippen LogP) is 2.76. The number of rotatable bonds is 1. The number of carbonyl (C=O) groups excluding carboxylic acids is 1. The first-order valence-electron chi connectivity index (χ1n) is 8.11. The molecule has 0 bridgehead atoms. The minimum absolute atomic E-state index is 0.0170. The minimum Gasteiger partial charge on any atom is -0.391 e. The summed E-state index contributed by atoms with van der Waals surface area (Å²) in [6, 6.07) is 0.358. The van der Waals surface area contributed by atoms with Crippen LogP contribution in [0, 0.1) is 11.3 Å². The van der Waals surface area contributed by atoms with Gasteiger partial charge in [-0.15, -0.1) is 0 Å². The van der Waals surface area contributed by atoms with Gasteiger partial charge < -0.3 is 15.3 Å². The first-order chi connectivity index (χ1) is 9.38. The highest BCUT2D eigenvalue weighted by Crippen LogP contribution is 2.34. The molecule has 116 valence electrons. The van der Waals surface area contributed by atoms with Crippen LogP contribution in [-0.4, -0.2) is 41.3 Å². The molecule has 1 aliphatic carbocycles. The van der Waals surface area contributed by atoms with Crippen LogP contribution in [0.2, 0.25) is 0 Å². The Balaban J connectivity index is 1.84. The van der Waals surface area contributed by atoms with E-state index in [4.69, 9.17) is 0 Å². The summed E-state index contributed by atoms with van der Waals surface area (Å²) in [4.78, 5) is 14.1. The molecular formula is C16H30N2O2. The van der Waals surface area contributed by atoms with Crippen molar-refractivity contribution in [3.8, 4) is 0 Å². The average molecular weight is 282 g/mol. The Labute approximate surface area is 122 Å². The van der Waals surface area contributed by atoms with Crippen LogP contribution < -0.4 is 5.32 Å². The third-order valence-electron chi connectivity index (χ3n) is 4.91. The lowest BCUT2D eigenvalue weighted by Gasteiger charge is -2.42. The lowest BCUT2D eigenvalue weighted by atomic mass is 9.74. The van der Waals surface area contributed by atoms with Gasteiger partial charge in [-0.3, -0.25) is 0 Å². The number of nitrogens with zero attached hydrogens (tertiary/aromatic N) is 1. The summed E-state index contributed by atoms with van der Waals surface area (Å²) in [6.07, 6.45) is 6.43. The maximum absolute atomic E-state index is 12.3. The number of amides is 2. The Bertz CT molecular complexity index is 332. The minimum atomic E-state index is -0.402. The highest BCUT2D eigenvalue weighted by atomic mass is 16.3. The second-order valence-corrected chi connectivity index (χ2v) is 7.56. The van der Waals surface area contributed by atoms with Crippen LogP contribution >= 0.6 is 0 Å². The summed E-state index contributed by atoms with van der Waals surface area (Å²) in [5.41, 5.74) is 0.103. The number of β-amino-alcohol motifs (C(OH)–C–C–N with tert-alkyl or cyclic N) is 1. The molecule has 20 heavy (non-hydrogen) atoms. The van der Waals surface area contributed by atoms with Gasteiger partial charge in [0.25, 0.3) is 0 Å². The molecule has 0 aromatic carbocycles. The standard InChI is InChI=1S/C16H30N2O2/c1-16(2,3)13-9-10-18(11-14(13)19)15(20)17-12-7-5-4-6-8-12/h12-14,19H,4-11H2,1-3H3,(H,17,20). The summed E-state index contributed by atoms with van der Waals surface area (Å²) < 4.78 is 0. The summed E-state index contributed by atoms with van der Waals surface area (Å²) in [7, 11) is 0. The lowest BCUT2D eigenvalue weighted by Crippen LogP contribution is -2.54. The zero-order valence-electron chi connectivity index (χ0n) is 13.2. The molecule has 1 saturated carbocycles. The van der Waals surface area contributed by atoms with Crippen molar-refractivity contribution >= 4 is 6.03 Å². The van der Waals surface area contributed by atoms with Crippen molar-refractivity contribution in [1.29, 1.82) is 0 Å². The van der Waals surface area contributed by atoms with E-state index in [-0.39, 0.29) is 17.4 Å². The monoisotopic (exact) mass is 282 g/mol. The van der Waals surface area contributed by atoms with Gasteiger partial charge in [0.15, 0.2) is 0 Å². The summed E-state index contributed by atoms with van der Waals surface area (Å²) >= 11 is 0. The molecule has 2 atom stereocenters. The average Bonchev–Trinajstić information content (AvgIpc) is 2.38. The molecule has 4 nitrogen and oxygen atoms in total. The van der Waals surface area contributed by atoms with Crippen molar-refractivity contribution in [2.24, 2.45) is 11.3 Å². The van der Waals surface area contributed by atoms with Gasteiger partial charge in [-0.1, -0.05) is 40.0 Å². The van der Waals surface area contributed by atoms with Crippen molar-refractivity contribution in [2.45, 2.75) is 71.4 Å². The van der Waals surface area contributed by atoms with Crippen molar-refractivity contribution < 1.29 is 9.90 Å². The second-order valence-electron chi connectivity index (χ2n) is 7.56. The van der Waals surface area contributed by atoms with Crippen LogP contribution in [0.1, 0.15) is 59.3 Å². The molecule has 0 aromatic rings. The summed E-state index contributed by atoms with van der Waals surface area (Å²) in [5, 5.41) is 13.4. The third kappa shape index (κ3) is 3.87. The third-order valence-corrected chi connectivity index (χ3v) is 4.91. The number of nitrogens with one attached hydrogen (secondary N) is 1. The van der Waals surface area contributed by atoms with Crippen molar-refractivity contribution in [3.63, 3.8) is 0 Å². The fourth-order valence-corrected chi connectivity index (χ4v) is 3.64. The number of likely N-dealkylation sites (tertiary alicyclic amines) is 1. The zero-order valence-corrected chi connectivity index (χ0v) is 13.2. The van der Waals surface area contributed by atoms with Crippen LogP contribution in [-0.2, 0) is 0 Å². The molecule has 2 rings (SSSR count). The summed E-state index contributed by atoms with van der Waals surface area (Å²) in [6.45, 7) is 7.73. The van der Waals surface area contributed by atoms with E-state index in [0.717, 1.165) is 25.8 Å². The van der Waals surface area contributed by atoms with E-state index in [1.807, 2.05) is 0 Å². The van der Waals surface area contributed by atoms with E-state index in [9.17, 15) is 9.90 Å². The van der Waals surface area contributed by atoms with Gasteiger partial charge in [-0.25, -0.2) is 4.79 Å². The molecule has 1 saturated heterocycles. The Morgan fingerprint density at radius 1 is 1.15 bits per heavy atom. The Morgan fingerprint density at radius 2 is 1.80 bits per heavy atom. The van der Waals surface area contributed by atoms with E-state index >= 15 is 0 Å². The maximum Gasteiger partial charge on any atom is 0.317 e. The maximum atomic E-state index is 12.3. The number of urea groups is 1. The normalized spacial score (nSPS) is 29.3. The van der Waals surface area contributed by atoms with Gasteiger partial charge in [0.1, 0.15) is 0 Å². The van der Waals surface area contributed by atoms with Crippen LogP contribution in [0.5, 0.6) is 0 Å². The van der Waals surface area contributed by atoms with Crippen LogP contribution in [0.15, 0.2) is 0 Å². The molecule has 2 N–H and O–H groups in total. The van der Waals surface area contributed by atoms with Crippen LogP contribution in [0.25, 0.3) is 0 Å². The van der Waals surface area contributed by atoms with Crippen molar-refractivity contribution in [1.82, 2.24) is 10.2 Å². The predicted molar refractivity (Wildman–Crippen MR) is 80.5 cm³/mol. The first kappa shape index (κ1) is 15.6. The molecule has 0 aromatic heterocycles. The highest BCUT2D eigenvalue weighted by Gasteiger charge is 2.37. The van der Waals surface area contributed by atoms with Crippen LogP contribution in [0.4, 0.5) is 4.79 Å². The van der Waals surface area contributed by atoms with Gasteiger partial charge >= 0.3 is 6.03 Å². The van der Waals surface area contributed by atoms with Crippen LogP contribution in [0.3, 0.4) is 0 Å². The molecule has 2 aliphatic rings. The molecule has 2 unspecified atom stereocenters. The number of piperidine rings is 1. The van der Waals surface area contributed by atoms with E-state index in [0.29, 0.717) is 12.6 Å².